The Morgan fingerprint density at radius 3 is 2.73 bits per heavy atom. The summed E-state index contributed by atoms with van der Waals surface area (Å²) in [5.74, 6) is 1.10. The highest BCUT2D eigenvalue weighted by Crippen LogP contribution is 2.30. The fourth-order valence-electron chi connectivity index (χ4n) is 3.31. The zero-order valence-electron chi connectivity index (χ0n) is 17.1. The molecule has 0 fully saturated rings. The van der Waals surface area contributed by atoms with Crippen molar-refractivity contribution in [1.29, 1.82) is 0 Å². The van der Waals surface area contributed by atoms with Crippen LogP contribution in [0.1, 0.15) is 11.1 Å². The molecule has 2 N–H and O–H groups in total. The van der Waals surface area contributed by atoms with Crippen LogP contribution in [0.25, 0.3) is 22.1 Å². The summed E-state index contributed by atoms with van der Waals surface area (Å²) < 4.78 is 10.5. The van der Waals surface area contributed by atoms with Gasteiger partial charge >= 0.3 is 0 Å². The molecule has 4 aromatic rings. The molecule has 8 nitrogen and oxygen atoms in total. The van der Waals surface area contributed by atoms with Crippen LogP contribution >= 0.6 is 11.8 Å². The third kappa shape index (κ3) is 3.88. The number of hydrogen-bond acceptors (Lipinski definition) is 7. The minimum Gasteiger partial charge on any atom is -0.497 e. The number of fused-ring (bicyclic) bond motifs is 3. The molecule has 2 heterocycles. The number of nitrogens with one attached hydrogen (secondary N) is 2. The van der Waals surface area contributed by atoms with E-state index in [0.717, 1.165) is 27.5 Å². The van der Waals surface area contributed by atoms with E-state index in [2.05, 4.69) is 37.6 Å². The maximum absolute atomic E-state index is 12.4. The zero-order valence-corrected chi connectivity index (χ0v) is 17.9. The first-order valence-corrected chi connectivity index (χ1v) is 10.2. The Balaban J connectivity index is 1.50. The van der Waals surface area contributed by atoms with Gasteiger partial charge in [-0.25, -0.2) is 4.98 Å². The molecule has 1 amide bonds. The Morgan fingerprint density at radius 1 is 1.13 bits per heavy atom. The van der Waals surface area contributed by atoms with Gasteiger partial charge < -0.3 is 19.8 Å². The molecule has 30 heavy (non-hydrogen) atoms. The highest BCUT2D eigenvalue weighted by atomic mass is 32.2. The van der Waals surface area contributed by atoms with Crippen LogP contribution in [-0.2, 0) is 4.79 Å². The second-order valence-corrected chi connectivity index (χ2v) is 7.77. The van der Waals surface area contributed by atoms with Crippen molar-refractivity contribution in [2.45, 2.75) is 19.0 Å². The number of anilines is 1. The summed E-state index contributed by atoms with van der Waals surface area (Å²) in [7, 11) is 3.11. The van der Waals surface area contributed by atoms with Gasteiger partial charge in [-0.1, -0.05) is 23.4 Å². The van der Waals surface area contributed by atoms with E-state index in [1.165, 1.54) is 11.8 Å². The summed E-state index contributed by atoms with van der Waals surface area (Å²) in [6.45, 7) is 4.09. The topological polar surface area (TPSA) is 102 Å². The predicted octanol–water partition coefficient (Wildman–Crippen LogP) is 3.87. The molecular weight excluding hydrogens is 402 g/mol. The molecule has 2 aromatic carbocycles. The number of hydrogen-bond donors (Lipinski definition) is 2. The van der Waals surface area contributed by atoms with Gasteiger partial charge in [0.15, 0.2) is 5.65 Å². The van der Waals surface area contributed by atoms with E-state index in [9.17, 15) is 4.79 Å². The van der Waals surface area contributed by atoms with Gasteiger partial charge in [0.25, 0.3) is 0 Å². The fraction of sp³-hybridized carbons (Fsp3) is 0.238. The average molecular weight is 423 g/mol. The first kappa shape index (κ1) is 20.0. The molecule has 0 aliphatic heterocycles. The van der Waals surface area contributed by atoms with Gasteiger partial charge in [-0.3, -0.25) is 4.79 Å². The van der Waals surface area contributed by atoms with Crippen molar-refractivity contribution in [2.24, 2.45) is 0 Å². The minimum atomic E-state index is -0.210. The smallest absolute Gasteiger partial charge is 0.234 e. The number of aromatic nitrogens is 4. The number of carbonyl (C=O) groups is 1. The molecule has 0 unspecified atom stereocenters. The monoisotopic (exact) mass is 423 g/mol. The van der Waals surface area contributed by atoms with Gasteiger partial charge in [0.05, 0.1) is 31.2 Å². The van der Waals surface area contributed by atoms with Crippen LogP contribution in [0.15, 0.2) is 35.5 Å². The molecule has 0 radical (unpaired) electrons. The summed E-state index contributed by atoms with van der Waals surface area (Å²) in [5, 5.41) is 12.8. The van der Waals surface area contributed by atoms with Gasteiger partial charge in [0.1, 0.15) is 17.0 Å². The van der Waals surface area contributed by atoms with Gasteiger partial charge in [-0.05, 0) is 37.6 Å². The van der Waals surface area contributed by atoms with Crippen LogP contribution in [0.3, 0.4) is 0 Å². The van der Waals surface area contributed by atoms with E-state index in [4.69, 9.17) is 9.47 Å². The van der Waals surface area contributed by atoms with Crippen molar-refractivity contribution >= 4 is 45.4 Å². The third-order valence-corrected chi connectivity index (χ3v) is 5.50. The molecule has 0 aliphatic rings. The molecule has 0 aliphatic carbocycles. The maximum atomic E-state index is 12.4. The summed E-state index contributed by atoms with van der Waals surface area (Å²) in [4.78, 5) is 20.3. The molecule has 0 atom stereocenters. The quantitative estimate of drug-likeness (QED) is 0.454. The number of benzene rings is 2. The van der Waals surface area contributed by atoms with Gasteiger partial charge in [-0.15, -0.1) is 10.2 Å². The van der Waals surface area contributed by atoms with E-state index in [-0.39, 0.29) is 11.7 Å². The lowest BCUT2D eigenvalue weighted by molar-refractivity contribution is -0.113. The number of aromatic amines is 1. The van der Waals surface area contributed by atoms with Crippen LogP contribution in [0, 0.1) is 13.8 Å². The number of rotatable bonds is 6. The molecule has 2 aromatic heterocycles. The molecular formula is C21H21N5O3S. The lowest BCUT2D eigenvalue weighted by Crippen LogP contribution is -2.15. The largest absolute Gasteiger partial charge is 0.497 e. The van der Waals surface area contributed by atoms with Gasteiger partial charge in [0.2, 0.25) is 11.1 Å². The van der Waals surface area contributed by atoms with Crippen molar-refractivity contribution < 1.29 is 14.3 Å². The lowest BCUT2D eigenvalue weighted by atomic mass is 10.1. The normalized spacial score (nSPS) is 11.1. The number of thioether (sulfide) groups is 1. The van der Waals surface area contributed by atoms with Gasteiger partial charge in [-0.2, -0.15) is 0 Å². The number of aryl methyl sites for hydroxylation is 2. The van der Waals surface area contributed by atoms with Crippen molar-refractivity contribution in [2.75, 3.05) is 25.3 Å². The predicted molar refractivity (Wildman–Crippen MR) is 118 cm³/mol. The Bertz CT molecular complexity index is 1250. The highest BCUT2D eigenvalue weighted by molar-refractivity contribution is 7.99. The molecule has 154 valence electrons. The highest BCUT2D eigenvalue weighted by Gasteiger charge is 2.14. The number of H-pyrrole nitrogens is 1. The molecule has 0 saturated heterocycles. The molecule has 4 rings (SSSR count). The standard InChI is InChI=1S/C21H21N5O3S/c1-11-7-12(2)18-14(8-11)19-20(23-18)24-21(26-25-19)30-10-17(27)22-15-9-13(28-3)5-6-16(15)29-4/h5-9H,10H2,1-4H3,(H,22,27)(H,23,24,26). The first-order valence-electron chi connectivity index (χ1n) is 9.26. The number of amides is 1. The second kappa shape index (κ2) is 8.19. The van der Waals surface area contributed by atoms with E-state index >= 15 is 0 Å². The Hall–Kier alpha value is -3.33. The van der Waals surface area contributed by atoms with Crippen molar-refractivity contribution in [1.82, 2.24) is 20.2 Å². The fourth-order valence-corrected chi connectivity index (χ4v) is 3.89. The second-order valence-electron chi connectivity index (χ2n) is 6.82. The number of methoxy groups -OCH3 is 2. The Kier molecular flexibility index (Phi) is 5.45. The maximum Gasteiger partial charge on any atom is 0.234 e. The van der Waals surface area contributed by atoms with Crippen LogP contribution in [0.4, 0.5) is 5.69 Å². The molecule has 9 heteroatoms. The first-order chi connectivity index (χ1) is 14.5. The summed E-state index contributed by atoms with van der Waals surface area (Å²) in [6, 6.07) is 9.39. The average Bonchev–Trinajstić information content (AvgIpc) is 3.10. The number of nitrogens with zero attached hydrogens (tertiary/aromatic N) is 3. The van der Waals surface area contributed by atoms with Crippen molar-refractivity contribution in [3.05, 3.63) is 41.5 Å². The molecule has 0 bridgehead atoms. The summed E-state index contributed by atoms with van der Waals surface area (Å²) in [6.07, 6.45) is 0. The Labute approximate surface area is 177 Å². The SMILES string of the molecule is COc1ccc(OC)c(NC(=O)CSc2nnc3c(n2)[nH]c2c(C)cc(C)cc23)c1. The van der Waals surface area contributed by atoms with Crippen LogP contribution in [0.5, 0.6) is 11.5 Å². The minimum absolute atomic E-state index is 0.131. The molecule has 0 spiro atoms. The summed E-state index contributed by atoms with van der Waals surface area (Å²) in [5.41, 5.74) is 5.22. The van der Waals surface area contributed by atoms with Gasteiger partial charge in [0, 0.05) is 11.5 Å². The zero-order chi connectivity index (χ0) is 21.3. The summed E-state index contributed by atoms with van der Waals surface area (Å²) >= 11 is 1.21. The molecule has 0 saturated carbocycles. The van der Waals surface area contributed by atoms with E-state index in [1.807, 2.05) is 13.8 Å². The van der Waals surface area contributed by atoms with Crippen LogP contribution < -0.4 is 14.8 Å². The van der Waals surface area contributed by atoms with Crippen LogP contribution in [0.2, 0.25) is 0 Å². The van der Waals surface area contributed by atoms with Crippen LogP contribution in [-0.4, -0.2) is 46.0 Å². The Morgan fingerprint density at radius 2 is 1.97 bits per heavy atom. The lowest BCUT2D eigenvalue weighted by Gasteiger charge is -2.11. The van der Waals surface area contributed by atoms with E-state index in [1.54, 1.807) is 32.4 Å². The van der Waals surface area contributed by atoms with E-state index < -0.39 is 0 Å². The number of carbonyl (C=O) groups excluding carboxylic acids is 1. The third-order valence-electron chi connectivity index (χ3n) is 4.66. The number of ether oxygens (including phenoxy) is 2. The van der Waals surface area contributed by atoms with Crippen molar-refractivity contribution in [3.8, 4) is 11.5 Å². The van der Waals surface area contributed by atoms with Crippen molar-refractivity contribution in [3.63, 3.8) is 0 Å². The van der Waals surface area contributed by atoms with E-state index in [0.29, 0.717) is 28.0 Å².